The highest BCUT2D eigenvalue weighted by atomic mass is 127. The molecule has 0 saturated heterocycles. The number of nitrogens with two attached hydrogens (primary N) is 1. The van der Waals surface area contributed by atoms with Crippen LogP contribution in [0.2, 0.25) is 10.0 Å². The lowest BCUT2D eigenvalue weighted by atomic mass is 10.1. The predicted molar refractivity (Wildman–Crippen MR) is 123 cm³/mol. The Morgan fingerprint density at radius 3 is 2.63 bits per heavy atom. The van der Waals surface area contributed by atoms with Gasteiger partial charge in [-0.1, -0.05) is 41.4 Å². The fourth-order valence-corrected chi connectivity index (χ4v) is 3.02. The Morgan fingerprint density at radius 2 is 1.96 bits per heavy atom. The molecule has 27 heavy (non-hydrogen) atoms. The minimum Gasteiger partial charge on any atom is -0.370 e. The molecule has 0 aliphatic rings. The normalized spacial score (nSPS) is 12.1. The lowest BCUT2D eigenvalue weighted by Crippen LogP contribution is -2.34. The van der Waals surface area contributed by atoms with Gasteiger partial charge in [0.1, 0.15) is 0 Å². The van der Waals surface area contributed by atoms with Crippen LogP contribution in [0.3, 0.4) is 0 Å². The first-order valence-electron chi connectivity index (χ1n) is 8.29. The molecule has 0 fully saturated rings. The highest BCUT2D eigenvalue weighted by Crippen LogP contribution is 2.25. The molecule has 0 aliphatic carbocycles. The summed E-state index contributed by atoms with van der Waals surface area (Å²) in [6, 6.07) is 12.5. The summed E-state index contributed by atoms with van der Waals surface area (Å²) in [5, 5.41) is 7.03. The van der Waals surface area contributed by atoms with Crippen molar-refractivity contribution in [3.8, 4) is 0 Å². The molecule has 0 bridgehead atoms. The van der Waals surface area contributed by atoms with Gasteiger partial charge >= 0.3 is 0 Å². The monoisotopic (exact) mass is 520 g/mol. The number of nitrogens with zero attached hydrogens (tertiary/aromatic N) is 1. The smallest absolute Gasteiger partial charge is 0.251 e. The number of rotatable bonds is 6. The van der Waals surface area contributed by atoms with E-state index in [9.17, 15) is 4.79 Å². The third-order valence-corrected chi connectivity index (χ3v) is 4.31. The van der Waals surface area contributed by atoms with Crippen LogP contribution >= 0.6 is 47.2 Å². The summed E-state index contributed by atoms with van der Waals surface area (Å²) < 4.78 is 0. The van der Waals surface area contributed by atoms with Crippen LogP contribution in [0.1, 0.15) is 41.4 Å². The third-order valence-electron chi connectivity index (χ3n) is 3.75. The summed E-state index contributed by atoms with van der Waals surface area (Å²) >= 11 is 12.1. The molecule has 1 unspecified atom stereocenters. The second-order valence-electron chi connectivity index (χ2n) is 5.79. The number of carbonyl (C=O) groups is 1. The van der Waals surface area contributed by atoms with Gasteiger partial charge in [0.05, 0.1) is 12.6 Å². The SMILES string of the molecule is CCNC(=O)c1cccc(CN=C(N)NC(C)c2ccc(Cl)cc2Cl)c1.I. The first-order chi connectivity index (χ1) is 12.4. The van der Waals surface area contributed by atoms with Crippen LogP contribution in [0.15, 0.2) is 47.5 Å². The average Bonchev–Trinajstić information content (AvgIpc) is 2.60. The van der Waals surface area contributed by atoms with Crippen LogP contribution in [-0.4, -0.2) is 18.4 Å². The number of hydrogen-bond donors (Lipinski definition) is 3. The quantitative estimate of drug-likeness (QED) is 0.297. The number of guanidine groups is 1. The Kier molecular flexibility index (Phi) is 9.90. The van der Waals surface area contributed by atoms with Crippen molar-refractivity contribution in [2.24, 2.45) is 10.7 Å². The Labute approximate surface area is 186 Å². The van der Waals surface area contributed by atoms with Crippen LogP contribution < -0.4 is 16.4 Å². The van der Waals surface area contributed by atoms with Crippen LogP contribution in [0.5, 0.6) is 0 Å². The van der Waals surface area contributed by atoms with Crippen molar-refractivity contribution in [2.75, 3.05) is 6.54 Å². The van der Waals surface area contributed by atoms with Gasteiger partial charge in [0.15, 0.2) is 5.96 Å². The molecule has 0 aromatic heterocycles. The van der Waals surface area contributed by atoms with Gasteiger partial charge in [-0.05, 0) is 49.2 Å². The van der Waals surface area contributed by atoms with Crippen molar-refractivity contribution >= 4 is 59.0 Å². The van der Waals surface area contributed by atoms with Gasteiger partial charge in [0.25, 0.3) is 5.91 Å². The molecule has 8 heteroatoms. The second kappa shape index (κ2) is 11.4. The Balaban J connectivity index is 0.00000364. The zero-order chi connectivity index (χ0) is 19.1. The number of carbonyl (C=O) groups excluding carboxylic acids is 1. The topological polar surface area (TPSA) is 79.5 Å². The molecule has 0 aliphatic heterocycles. The van der Waals surface area contributed by atoms with E-state index in [1.54, 1.807) is 24.3 Å². The summed E-state index contributed by atoms with van der Waals surface area (Å²) in [6.45, 7) is 4.77. The standard InChI is InChI=1S/C19H22Cl2N4O.HI/c1-3-23-18(26)14-6-4-5-13(9-14)11-24-19(22)25-12(2)16-8-7-15(20)10-17(16)21;/h4-10,12H,3,11H2,1-2H3,(H,23,26)(H3,22,24,25);1H. The van der Waals surface area contributed by atoms with E-state index < -0.39 is 0 Å². The van der Waals surface area contributed by atoms with Gasteiger partial charge in [0.2, 0.25) is 0 Å². The van der Waals surface area contributed by atoms with E-state index in [-0.39, 0.29) is 35.9 Å². The lowest BCUT2D eigenvalue weighted by Gasteiger charge is -2.16. The summed E-state index contributed by atoms with van der Waals surface area (Å²) in [4.78, 5) is 16.2. The summed E-state index contributed by atoms with van der Waals surface area (Å²) in [7, 11) is 0. The molecule has 0 saturated carbocycles. The molecular formula is C19H23Cl2IN4O. The number of nitrogens with one attached hydrogen (secondary N) is 2. The van der Waals surface area contributed by atoms with Crippen LogP contribution in [0, 0.1) is 0 Å². The molecule has 2 aromatic rings. The van der Waals surface area contributed by atoms with Crippen LogP contribution in [-0.2, 0) is 6.54 Å². The van der Waals surface area contributed by atoms with E-state index in [4.69, 9.17) is 28.9 Å². The zero-order valence-electron chi connectivity index (χ0n) is 15.1. The minimum absolute atomic E-state index is 0. The lowest BCUT2D eigenvalue weighted by molar-refractivity contribution is 0.0955. The molecule has 1 amide bonds. The molecular weight excluding hydrogens is 498 g/mol. The van der Waals surface area contributed by atoms with Crippen molar-refractivity contribution in [3.63, 3.8) is 0 Å². The second-order valence-corrected chi connectivity index (χ2v) is 6.64. The average molecular weight is 521 g/mol. The van der Waals surface area contributed by atoms with Crippen molar-refractivity contribution in [2.45, 2.75) is 26.4 Å². The Hall–Kier alpha value is -1.51. The van der Waals surface area contributed by atoms with Gasteiger partial charge in [-0.15, -0.1) is 24.0 Å². The van der Waals surface area contributed by atoms with E-state index in [2.05, 4.69) is 15.6 Å². The molecule has 146 valence electrons. The van der Waals surface area contributed by atoms with E-state index >= 15 is 0 Å². The third kappa shape index (κ3) is 7.20. The molecule has 2 aromatic carbocycles. The first-order valence-corrected chi connectivity index (χ1v) is 9.04. The summed E-state index contributed by atoms with van der Waals surface area (Å²) in [6.07, 6.45) is 0. The van der Waals surface area contributed by atoms with Crippen LogP contribution in [0.25, 0.3) is 0 Å². The molecule has 4 N–H and O–H groups in total. The predicted octanol–water partition coefficient (Wildman–Crippen LogP) is 4.53. The van der Waals surface area contributed by atoms with Crippen LogP contribution in [0.4, 0.5) is 0 Å². The first kappa shape index (κ1) is 23.5. The molecule has 0 heterocycles. The molecule has 1 atom stereocenters. The largest absolute Gasteiger partial charge is 0.370 e. The fourth-order valence-electron chi connectivity index (χ4n) is 2.45. The van der Waals surface area contributed by atoms with E-state index in [0.717, 1.165) is 11.1 Å². The summed E-state index contributed by atoms with van der Waals surface area (Å²) in [5.41, 5.74) is 8.36. The zero-order valence-corrected chi connectivity index (χ0v) is 19.0. The van der Waals surface area contributed by atoms with Gasteiger partial charge in [-0.25, -0.2) is 4.99 Å². The molecule has 0 radical (unpaired) electrons. The van der Waals surface area contributed by atoms with Crippen molar-refractivity contribution in [1.29, 1.82) is 0 Å². The van der Waals surface area contributed by atoms with Gasteiger partial charge in [-0.3, -0.25) is 4.79 Å². The molecule has 5 nitrogen and oxygen atoms in total. The van der Waals surface area contributed by atoms with Crippen molar-refractivity contribution < 1.29 is 4.79 Å². The molecule has 2 rings (SSSR count). The molecule has 0 spiro atoms. The van der Waals surface area contributed by atoms with E-state index in [0.29, 0.717) is 34.7 Å². The number of amides is 1. The Bertz CT molecular complexity index is 814. The van der Waals surface area contributed by atoms with Gasteiger partial charge in [-0.2, -0.15) is 0 Å². The number of benzene rings is 2. The highest BCUT2D eigenvalue weighted by Gasteiger charge is 2.11. The maximum absolute atomic E-state index is 11.9. The number of aliphatic imine (C=N–C) groups is 1. The van der Waals surface area contributed by atoms with E-state index in [1.807, 2.05) is 32.0 Å². The van der Waals surface area contributed by atoms with Gasteiger partial charge in [0, 0.05) is 22.2 Å². The van der Waals surface area contributed by atoms with Crippen molar-refractivity contribution in [3.05, 3.63) is 69.2 Å². The van der Waals surface area contributed by atoms with E-state index in [1.165, 1.54) is 0 Å². The summed E-state index contributed by atoms with van der Waals surface area (Å²) in [5.74, 6) is 0.197. The van der Waals surface area contributed by atoms with Crippen molar-refractivity contribution in [1.82, 2.24) is 10.6 Å². The number of halogens is 3. The van der Waals surface area contributed by atoms with Gasteiger partial charge < -0.3 is 16.4 Å². The number of hydrogen-bond acceptors (Lipinski definition) is 2. The highest BCUT2D eigenvalue weighted by molar-refractivity contribution is 14.0. The minimum atomic E-state index is -0.120. The maximum atomic E-state index is 11.9. The Morgan fingerprint density at radius 1 is 1.22 bits per heavy atom. The maximum Gasteiger partial charge on any atom is 0.251 e. The fraction of sp³-hybridized carbons (Fsp3) is 0.263.